The van der Waals surface area contributed by atoms with E-state index in [0.717, 1.165) is 0 Å². The topological polar surface area (TPSA) is 69.6 Å². The van der Waals surface area contributed by atoms with E-state index in [1.807, 2.05) is 13.8 Å². The highest BCUT2D eigenvalue weighted by atomic mass is 16.3. The van der Waals surface area contributed by atoms with E-state index >= 15 is 0 Å². The Labute approximate surface area is 94.9 Å². The van der Waals surface area contributed by atoms with Crippen LogP contribution in [0.15, 0.2) is 24.3 Å². The van der Waals surface area contributed by atoms with Gasteiger partial charge >= 0.3 is 0 Å². The highest BCUT2D eigenvalue weighted by Crippen LogP contribution is 2.17. The molecule has 1 aromatic rings. The summed E-state index contributed by atoms with van der Waals surface area (Å²) >= 11 is 0. The standard InChI is InChI=1S/C12H17NO3/c1-12(2,7-8-14)13-11(16)9-5-3-4-6-10(9)15/h3-6,14-15H,7-8H2,1-2H3,(H,13,16). The Kier molecular flexibility index (Phi) is 3.90. The lowest BCUT2D eigenvalue weighted by Gasteiger charge is -2.25. The lowest BCUT2D eigenvalue weighted by molar-refractivity contribution is 0.0897. The van der Waals surface area contributed by atoms with Crippen LogP contribution in [0.2, 0.25) is 0 Å². The normalized spacial score (nSPS) is 11.2. The van der Waals surface area contributed by atoms with Gasteiger partial charge in [-0.3, -0.25) is 4.79 Å². The molecule has 0 atom stereocenters. The molecular formula is C12H17NO3. The maximum absolute atomic E-state index is 11.8. The van der Waals surface area contributed by atoms with Crippen molar-refractivity contribution in [3.8, 4) is 5.75 Å². The maximum atomic E-state index is 11.8. The van der Waals surface area contributed by atoms with E-state index in [2.05, 4.69) is 5.32 Å². The molecule has 88 valence electrons. The van der Waals surface area contributed by atoms with Gasteiger partial charge in [0.05, 0.1) is 5.56 Å². The van der Waals surface area contributed by atoms with Crippen molar-refractivity contribution >= 4 is 5.91 Å². The van der Waals surface area contributed by atoms with Gasteiger partial charge in [0.1, 0.15) is 5.75 Å². The largest absolute Gasteiger partial charge is 0.507 e. The Morgan fingerprint density at radius 1 is 1.38 bits per heavy atom. The van der Waals surface area contributed by atoms with Gasteiger partial charge in [-0.1, -0.05) is 12.1 Å². The highest BCUT2D eigenvalue weighted by Gasteiger charge is 2.21. The van der Waals surface area contributed by atoms with Crippen molar-refractivity contribution in [2.45, 2.75) is 25.8 Å². The number of para-hydroxylation sites is 1. The van der Waals surface area contributed by atoms with Crippen LogP contribution in [0, 0.1) is 0 Å². The van der Waals surface area contributed by atoms with Crippen molar-refractivity contribution in [2.24, 2.45) is 0 Å². The second-order valence-electron chi connectivity index (χ2n) is 4.33. The number of benzene rings is 1. The predicted molar refractivity (Wildman–Crippen MR) is 61.4 cm³/mol. The number of amides is 1. The molecule has 0 aliphatic rings. The Balaban J connectivity index is 2.77. The molecule has 1 rings (SSSR count). The number of phenols is 1. The van der Waals surface area contributed by atoms with Gasteiger partial charge in [-0.25, -0.2) is 0 Å². The van der Waals surface area contributed by atoms with E-state index in [1.54, 1.807) is 18.2 Å². The summed E-state index contributed by atoms with van der Waals surface area (Å²) in [6.45, 7) is 3.65. The minimum atomic E-state index is -0.492. The molecule has 0 saturated heterocycles. The number of hydrogen-bond donors (Lipinski definition) is 3. The molecule has 0 spiro atoms. The van der Waals surface area contributed by atoms with E-state index in [4.69, 9.17) is 5.11 Å². The van der Waals surface area contributed by atoms with E-state index in [9.17, 15) is 9.90 Å². The minimum Gasteiger partial charge on any atom is -0.507 e. The third-order valence-corrected chi connectivity index (χ3v) is 2.34. The Morgan fingerprint density at radius 2 is 2.00 bits per heavy atom. The van der Waals surface area contributed by atoms with Crippen LogP contribution in [-0.4, -0.2) is 28.3 Å². The van der Waals surface area contributed by atoms with Gasteiger partial charge in [0.25, 0.3) is 5.91 Å². The zero-order valence-corrected chi connectivity index (χ0v) is 9.53. The third-order valence-electron chi connectivity index (χ3n) is 2.34. The van der Waals surface area contributed by atoms with Gasteiger partial charge < -0.3 is 15.5 Å². The molecule has 0 aliphatic carbocycles. The molecule has 1 amide bonds. The van der Waals surface area contributed by atoms with Crippen molar-refractivity contribution in [3.05, 3.63) is 29.8 Å². The first-order valence-electron chi connectivity index (χ1n) is 5.17. The molecule has 0 saturated carbocycles. The van der Waals surface area contributed by atoms with Gasteiger partial charge in [-0.15, -0.1) is 0 Å². The number of aromatic hydroxyl groups is 1. The average molecular weight is 223 g/mol. The fourth-order valence-corrected chi connectivity index (χ4v) is 1.38. The van der Waals surface area contributed by atoms with E-state index in [1.165, 1.54) is 6.07 Å². The summed E-state index contributed by atoms with van der Waals surface area (Å²) in [6, 6.07) is 6.37. The van der Waals surface area contributed by atoms with Gasteiger partial charge in [-0.2, -0.15) is 0 Å². The van der Waals surface area contributed by atoms with Crippen molar-refractivity contribution < 1.29 is 15.0 Å². The molecule has 0 fully saturated rings. The summed E-state index contributed by atoms with van der Waals surface area (Å²) in [6.07, 6.45) is 0.465. The number of rotatable bonds is 4. The zero-order chi connectivity index (χ0) is 12.2. The second-order valence-corrected chi connectivity index (χ2v) is 4.33. The molecule has 4 nitrogen and oxygen atoms in total. The first-order valence-corrected chi connectivity index (χ1v) is 5.17. The van der Waals surface area contributed by atoms with Gasteiger partial charge in [-0.05, 0) is 32.4 Å². The number of hydrogen-bond acceptors (Lipinski definition) is 3. The van der Waals surface area contributed by atoms with Crippen LogP contribution in [0.25, 0.3) is 0 Å². The smallest absolute Gasteiger partial charge is 0.255 e. The van der Waals surface area contributed by atoms with Crippen LogP contribution in [0.3, 0.4) is 0 Å². The summed E-state index contributed by atoms with van der Waals surface area (Å²) < 4.78 is 0. The Morgan fingerprint density at radius 3 is 2.56 bits per heavy atom. The van der Waals surface area contributed by atoms with Crippen molar-refractivity contribution in [3.63, 3.8) is 0 Å². The number of carbonyl (C=O) groups excluding carboxylic acids is 1. The molecule has 16 heavy (non-hydrogen) atoms. The van der Waals surface area contributed by atoms with Crippen molar-refractivity contribution in [2.75, 3.05) is 6.61 Å². The number of carbonyl (C=O) groups is 1. The SMILES string of the molecule is CC(C)(CCO)NC(=O)c1ccccc1O. The molecular weight excluding hydrogens is 206 g/mol. The molecule has 0 aliphatic heterocycles. The maximum Gasteiger partial charge on any atom is 0.255 e. The fourth-order valence-electron chi connectivity index (χ4n) is 1.38. The molecule has 0 radical (unpaired) electrons. The molecule has 0 unspecified atom stereocenters. The van der Waals surface area contributed by atoms with Crippen molar-refractivity contribution in [1.82, 2.24) is 5.32 Å². The summed E-state index contributed by atoms with van der Waals surface area (Å²) in [4.78, 5) is 11.8. The fraction of sp³-hybridized carbons (Fsp3) is 0.417. The van der Waals surface area contributed by atoms with Gasteiger partial charge in [0, 0.05) is 12.1 Å². The lowest BCUT2D eigenvalue weighted by atomic mass is 10.0. The quantitative estimate of drug-likeness (QED) is 0.720. The van der Waals surface area contributed by atoms with E-state index in [0.29, 0.717) is 6.42 Å². The van der Waals surface area contributed by atoms with Crippen LogP contribution >= 0.6 is 0 Å². The first-order chi connectivity index (χ1) is 7.46. The van der Waals surface area contributed by atoms with Gasteiger partial charge in [0.2, 0.25) is 0 Å². The molecule has 0 aromatic heterocycles. The number of aliphatic hydroxyl groups excluding tert-OH is 1. The summed E-state index contributed by atoms with van der Waals surface area (Å²) in [5.74, 6) is -0.378. The van der Waals surface area contributed by atoms with Crippen LogP contribution in [-0.2, 0) is 0 Å². The Bertz CT molecular complexity index is 374. The van der Waals surface area contributed by atoms with E-state index in [-0.39, 0.29) is 23.8 Å². The average Bonchev–Trinajstić information content (AvgIpc) is 2.17. The monoisotopic (exact) mass is 223 g/mol. The first kappa shape index (κ1) is 12.5. The number of phenolic OH excluding ortho intramolecular Hbond substituents is 1. The summed E-state index contributed by atoms with van der Waals surface area (Å²) in [7, 11) is 0. The molecule has 0 heterocycles. The van der Waals surface area contributed by atoms with Crippen molar-refractivity contribution in [1.29, 1.82) is 0 Å². The predicted octanol–water partition coefficient (Wildman–Crippen LogP) is 1.28. The zero-order valence-electron chi connectivity index (χ0n) is 9.53. The highest BCUT2D eigenvalue weighted by molar-refractivity contribution is 5.97. The minimum absolute atomic E-state index is 0.00799. The third kappa shape index (κ3) is 3.24. The van der Waals surface area contributed by atoms with Crippen LogP contribution < -0.4 is 5.32 Å². The lowest BCUT2D eigenvalue weighted by Crippen LogP contribution is -2.44. The van der Waals surface area contributed by atoms with Crippen LogP contribution in [0.4, 0.5) is 0 Å². The molecule has 3 N–H and O–H groups in total. The summed E-state index contributed by atoms with van der Waals surface area (Å²) in [5.41, 5.74) is -0.248. The van der Waals surface area contributed by atoms with Crippen LogP contribution in [0.5, 0.6) is 5.75 Å². The van der Waals surface area contributed by atoms with Gasteiger partial charge in [0.15, 0.2) is 0 Å². The van der Waals surface area contributed by atoms with E-state index < -0.39 is 5.54 Å². The molecule has 4 heteroatoms. The van der Waals surface area contributed by atoms with Crippen LogP contribution in [0.1, 0.15) is 30.6 Å². The molecule has 1 aromatic carbocycles. The summed E-state index contributed by atoms with van der Waals surface area (Å²) in [5, 5.41) is 21.1. The number of aliphatic hydroxyl groups is 1. The Hall–Kier alpha value is -1.55. The second kappa shape index (κ2) is 4.99. The number of nitrogens with one attached hydrogen (secondary N) is 1. The molecule has 0 bridgehead atoms.